The summed E-state index contributed by atoms with van der Waals surface area (Å²) in [5, 5.41) is 3.38. The lowest BCUT2D eigenvalue weighted by Crippen LogP contribution is -2.16. The van der Waals surface area contributed by atoms with Gasteiger partial charge in [-0.15, -0.1) is 0 Å². The Morgan fingerprint density at radius 3 is 3.15 bits per heavy atom. The average molecular weight is 176 g/mol. The molecule has 70 valence electrons. The summed E-state index contributed by atoms with van der Waals surface area (Å²) in [5.41, 5.74) is 1.27. The predicted octanol–water partition coefficient (Wildman–Crippen LogP) is 1.79. The van der Waals surface area contributed by atoms with E-state index in [9.17, 15) is 0 Å². The molecule has 0 radical (unpaired) electrons. The van der Waals surface area contributed by atoms with Crippen LogP contribution in [-0.4, -0.2) is 18.1 Å². The maximum Gasteiger partial charge on any atom is 0.0437 e. The summed E-state index contributed by atoms with van der Waals surface area (Å²) in [6.45, 7) is 4.38. The summed E-state index contributed by atoms with van der Waals surface area (Å²) < 4.78 is 0. The Hall–Kier alpha value is -0.890. The van der Waals surface area contributed by atoms with Gasteiger partial charge in [0.25, 0.3) is 0 Å². The summed E-state index contributed by atoms with van der Waals surface area (Å²) >= 11 is 0. The van der Waals surface area contributed by atoms with Crippen molar-refractivity contribution >= 4 is 0 Å². The zero-order valence-electron chi connectivity index (χ0n) is 8.03. The van der Waals surface area contributed by atoms with E-state index in [1.807, 2.05) is 12.3 Å². The van der Waals surface area contributed by atoms with Gasteiger partial charge in [-0.2, -0.15) is 0 Å². The molecule has 1 aliphatic rings. The molecule has 1 heterocycles. The third-order valence-electron chi connectivity index (χ3n) is 2.65. The van der Waals surface area contributed by atoms with Gasteiger partial charge in [0.05, 0.1) is 0 Å². The number of nitrogens with zero attached hydrogens (tertiary/aromatic N) is 1. The molecule has 1 aliphatic carbocycles. The van der Waals surface area contributed by atoms with Crippen molar-refractivity contribution in [1.82, 2.24) is 10.3 Å². The molecule has 2 rings (SSSR count). The Labute approximate surface area is 79.4 Å². The topological polar surface area (TPSA) is 24.9 Å². The van der Waals surface area contributed by atoms with Crippen molar-refractivity contribution in [3.63, 3.8) is 0 Å². The first kappa shape index (κ1) is 8.70. The largest absolute Gasteiger partial charge is 0.317 e. The monoisotopic (exact) mass is 176 g/mol. The third-order valence-corrected chi connectivity index (χ3v) is 2.65. The summed E-state index contributed by atoms with van der Waals surface area (Å²) in [6.07, 6.45) is 3.20. The lowest BCUT2D eigenvalue weighted by Gasteiger charge is -1.99. The van der Waals surface area contributed by atoms with Crippen LogP contribution in [-0.2, 0) is 0 Å². The molecule has 1 fully saturated rings. The van der Waals surface area contributed by atoms with Crippen molar-refractivity contribution in [3.8, 4) is 0 Å². The molecule has 0 aromatic carbocycles. The van der Waals surface area contributed by atoms with Gasteiger partial charge < -0.3 is 5.32 Å². The van der Waals surface area contributed by atoms with E-state index < -0.39 is 0 Å². The van der Waals surface area contributed by atoms with E-state index in [0.29, 0.717) is 0 Å². The fourth-order valence-electron chi connectivity index (χ4n) is 1.76. The van der Waals surface area contributed by atoms with Gasteiger partial charge in [-0.3, -0.25) is 4.98 Å². The molecule has 0 bridgehead atoms. The standard InChI is InChI=1S/C11H16N2/c1-2-12-8-9-7-10(9)11-5-3-4-6-13-11/h3-6,9-10,12H,2,7-8H2,1H3. The second-order valence-corrected chi connectivity index (χ2v) is 3.66. The van der Waals surface area contributed by atoms with E-state index in [-0.39, 0.29) is 0 Å². The highest BCUT2D eigenvalue weighted by Gasteiger charge is 2.38. The fraction of sp³-hybridized carbons (Fsp3) is 0.545. The molecule has 2 heteroatoms. The quantitative estimate of drug-likeness (QED) is 0.756. The molecule has 2 nitrogen and oxygen atoms in total. The number of aromatic nitrogens is 1. The van der Waals surface area contributed by atoms with Crippen LogP contribution in [0.3, 0.4) is 0 Å². The minimum absolute atomic E-state index is 0.722. The summed E-state index contributed by atoms with van der Waals surface area (Å²) in [7, 11) is 0. The van der Waals surface area contributed by atoms with Crippen LogP contribution >= 0.6 is 0 Å². The van der Waals surface area contributed by atoms with Crippen LogP contribution in [0.1, 0.15) is 25.0 Å². The maximum absolute atomic E-state index is 4.37. The van der Waals surface area contributed by atoms with Gasteiger partial charge in [0, 0.05) is 17.8 Å². The summed E-state index contributed by atoms with van der Waals surface area (Å²) in [4.78, 5) is 4.37. The minimum Gasteiger partial charge on any atom is -0.317 e. The highest BCUT2D eigenvalue weighted by molar-refractivity contribution is 5.17. The Balaban J connectivity index is 1.86. The van der Waals surface area contributed by atoms with Crippen LogP contribution in [0.2, 0.25) is 0 Å². The molecule has 1 aromatic heterocycles. The molecule has 13 heavy (non-hydrogen) atoms. The molecule has 0 aliphatic heterocycles. The SMILES string of the molecule is CCNCC1CC1c1ccccn1. The highest BCUT2D eigenvalue weighted by atomic mass is 14.9. The second kappa shape index (κ2) is 3.88. The van der Waals surface area contributed by atoms with E-state index in [0.717, 1.165) is 24.9 Å². The second-order valence-electron chi connectivity index (χ2n) is 3.66. The van der Waals surface area contributed by atoms with Gasteiger partial charge in [0.2, 0.25) is 0 Å². The Morgan fingerprint density at radius 2 is 2.46 bits per heavy atom. The van der Waals surface area contributed by atoms with Gasteiger partial charge in [0.15, 0.2) is 0 Å². The van der Waals surface area contributed by atoms with Gasteiger partial charge in [-0.25, -0.2) is 0 Å². The third kappa shape index (κ3) is 2.07. The van der Waals surface area contributed by atoms with Crippen LogP contribution < -0.4 is 5.32 Å². The lowest BCUT2D eigenvalue weighted by molar-refractivity contribution is 0.646. The molecule has 0 saturated heterocycles. The van der Waals surface area contributed by atoms with Crippen LogP contribution in [0.25, 0.3) is 0 Å². The number of hydrogen-bond acceptors (Lipinski definition) is 2. The first-order chi connectivity index (χ1) is 6.42. The van der Waals surface area contributed by atoms with Crippen molar-refractivity contribution in [3.05, 3.63) is 30.1 Å². The molecule has 2 atom stereocenters. The summed E-state index contributed by atoms with van der Waals surface area (Å²) in [6, 6.07) is 6.19. The van der Waals surface area contributed by atoms with E-state index in [2.05, 4.69) is 29.4 Å². The minimum atomic E-state index is 0.722. The Bertz CT molecular complexity index is 258. The van der Waals surface area contributed by atoms with Crippen LogP contribution in [0.5, 0.6) is 0 Å². The van der Waals surface area contributed by atoms with Crippen molar-refractivity contribution in [2.24, 2.45) is 5.92 Å². The normalized spacial score (nSPS) is 25.9. The van der Waals surface area contributed by atoms with Crippen molar-refractivity contribution in [2.75, 3.05) is 13.1 Å². The molecular formula is C11H16N2. The molecule has 0 amide bonds. The fourth-order valence-corrected chi connectivity index (χ4v) is 1.76. The van der Waals surface area contributed by atoms with Crippen molar-refractivity contribution < 1.29 is 0 Å². The first-order valence-electron chi connectivity index (χ1n) is 5.03. The number of rotatable bonds is 4. The van der Waals surface area contributed by atoms with Crippen molar-refractivity contribution in [1.29, 1.82) is 0 Å². The Morgan fingerprint density at radius 1 is 1.54 bits per heavy atom. The van der Waals surface area contributed by atoms with Gasteiger partial charge >= 0.3 is 0 Å². The van der Waals surface area contributed by atoms with E-state index in [4.69, 9.17) is 0 Å². The zero-order chi connectivity index (χ0) is 9.10. The van der Waals surface area contributed by atoms with Crippen LogP contribution in [0.4, 0.5) is 0 Å². The number of pyridine rings is 1. The van der Waals surface area contributed by atoms with Crippen molar-refractivity contribution in [2.45, 2.75) is 19.3 Å². The molecule has 1 N–H and O–H groups in total. The Kier molecular flexibility index (Phi) is 2.60. The number of nitrogens with one attached hydrogen (secondary N) is 1. The first-order valence-corrected chi connectivity index (χ1v) is 5.03. The molecule has 1 saturated carbocycles. The van der Waals surface area contributed by atoms with E-state index in [1.54, 1.807) is 0 Å². The van der Waals surface area contributed by atoms with Gasteiger partial charge in [-0.1, -0.05) is 13.0 Å². The highest BCUT2D eigenvalue weighted by Crippen LogP contribution is 2.45. The summed E-state index contributed by atoms with van der Waals surface area (Å²) in [5.74, 6) is 1.55. The van der Waals surface area contributed by atoms with E-state index >= 15 is 0 Å². The smallest absolute Gasteiger partial charge is 0.0437 e. The predicted molar refractivity (Wildman–Crippen MR) is 53.6 cm³/mol. The number of hydrogen-bond donors (Lipinski definition) is 1. The van der Waals surface area contributed by atoms with Gasteiger partial charge in [0.1, 0.15) is 0 Å². The maximum atomic E-state index is 4.37. The van der Waals surface area contributed by atoms with Crippen LogP contribution in [0.15, 0.2) is 24.4 Å². The van der Waals surface area contributed by atoms with Gasteiger partial charge in [-0.05, 0) is 37.6 Å². The van der Waals surface area contributed by atoms with E-state index in [1.165, 1.54) is 12.1 Å². The molecule has 2 unspecified atom stereocenters. The zero-order valence-corrected chi connectivity index (χ0v) is 8.03. The lowest BCUT2D eigenvalue weighted by atomic mass is 10.2. The molecule has 0 spiro atoms. The average Bonchev–Trinajstić information content (AvgIpc) is 2.95. The van der Waals surface area contributed by atoms with Crippen LogP contribution in [0, 0.1) is 5.92 Å². The molecular weight excluding hydrogens is 160 g/mol. The molecule has 1 aromatic rings.